The Kier molecular flexibility index (Phi) is 3.80. The van der Waals surface area contributed by atoms with Crippen LogP contribution >= 0.6 is 0 Å². The highest BCUT2D eigenvalue weighted by Gasteiger charge is 2.29. The maximum Gasteiger partial charge on any atom is 0.223 e. The van der Waals surface area contributed by atoms with Crippen LogP contribution in [-0.4, -0.2) is 21.6 Å². The van der Waals surface area contributed by atoms with Crippen molar-refractivity contribution in [2.45, 2.75) is 40.7 Å². The van der Waals surface area contributed by atoms with Crippen molar-refractivity contribution in [3.05, 3.63) is 11.6 Å². The van der Waals surface area contributed by atoms with Crippen molar-refractivity contribution in [3.8, 4) is 0 Å². The molecular formula is C11H20N4O. The molecule has 2 N–H and O–H groups in total. The molecule has 1 aromatic heterocycles. The highest BCUT2D eigenvalue weighted by molar-refractivity contribution is 5.17. The van der Waals surface area contributed by atoms with E-state index in [1.165, 1.54) is 0 Å². The van der Waals surface area contributed by atoms with Crippen molar-refractivity contribution in [2.75, 3.05) is 12.3 Å². The lowest BCUT2D eigenvalue weighted by molar-refractivity contribution is -0.0192. The molecule has 0 aliphatic carbocycles. The van der Waals surface area contributed by atoms with E-state index in [-0.39, 0.29) is 17.5 Å². The second-order valence-corrected chi connectivity index (χ2v) is 4.80. The van der Waals surface area contributed by atoms with Gasteiger partial charge in [-0.3, -0.25) is 0 Å². The first-order valence-corrected chi connectivity index (χ1v) is 5.44. The molecule has 0 amide bonds. The van der Waals surface area contributed by atoms with Gasteiger partial charge in [0.25, 0.3) is 0 Å². The van der Waals surface area contributed by atoms with Crippen LogP contribution in [0.1, 0.15) is 45.4 Å². The summed E-state index contributed by atoms with van der Waals surface area (Å²) < 4.78 is 5.69. The van der Waals surface area contributed by atoms with Gasteiger partial charge in [-0.05, 0) is 19.3 Å². The lowest BCUT2D eigenvalue weighted by Gasteiger charge is -2.29. The van der Waals surface area contributed by atoms with Crippen LogP contribution < -0.4 is 5.73 Å². The minimum absolute atomic E-state index is 0.0732. The molecule has 1 rings (SSSR count). The molecule has 0 saturated carbocycles. The molecule has 0 aliphatic rings. The summed E-state index contributed by atoms with van der Waals surface area (Å²) in [7, 11) is 0. The summed E-state index contributed by atoms with van der Waals surface area (Å²) >= 11 is 0. The second kappa shape index (κ2) is 4.74. The molecular weight excluding hydrogens is 204 g/mol. The molecule has 1 aromatic rings. The molecule has 1 heterocycles. The smallest absolute Gasteiger partial charge is 0.223 e. The highest BCUT2D eigenvalue weighted by Crippen LogP contribution is 2.34. The summed E-state index contributed by atoms with van der Waals surface area (Å²) in [5.41, 5.74) is 5.55. The SMILES string of the molecule is CCOC(c1nc(C)nc(N)n1)C(C)(C)C. The summed E-state index contributed by atoms with van der Waals surface area (Å²) in [4.78, 5) is 12.4. The fourth-order valence-electron chi connectivity index (χ4n) is 1.52. The van der Waals surface area contributed by atoms with E-state index in [4.69, 9.17) is 10.5 Å². The predicted molar refractivity (Wildman–Crippen MR) is 62.8 cm³/mol. The zero-order valence-corrected chi connectivity index (χ0v) is 10.6. The van der Waals surface area contributed by atoms with E-state index in [0.29, 0.717) is 18.3 Å². The van der Waals surface area contributed by atoms with E-state index < -0.39 is 0 Å². The lowest BCUT2D eigenvalue weighted by Crippen LogP contribution is -2.24. The van der Waals surface area contributed by atoms with Crippen molar-refractivity contribution < 1.29 is 4.74 Å². The molecule has 0 fully saturated rings. The maximum atomic E-state index is 5.69. The fourth-order valence-corrected chi connectivity index (χ4v) is 1.52. The van der Waals surface area contributed by atoms with Crippen molar-refractivity contribution in [1.82, 2.24) is 15.0 Å². The summed E-state index contributed by atoms with van der Waals surface area (Å²) in [6.07, 6.45) is -0.165. The van der Waals surface area contributed by atoms with Gasteiger partial charge >= 0.3 is 0 Å². The van der Waals surface area contributed by atoms with Crippen LogP contribution in [-0.2, 0) is 4.74 Å². The van der Waals surface area contributed by atoms with Crippen LogP contribution in [0.4, 0.5) is 5.95 Å². The number of aromatic nitrogens is 3. The van der Waals surface area contributed by atoms with Gasteiger partial charge in [-0.15, -0.1) is 0 Å². The number of nitrogen functional groups attached to an aromatic ring is 1. The topological polar surface area (TPSA) is 73.9 Å². The third-order valence-electron chi connectivity index (χ3n) is 2.14. The molecule has 5 nitrogen and oxygen atoms in total. The van der Waals surface area contributed by atoms with Gasteiger partial charge in [0.1, 0.15) is 11.9 Å². The Morgan fingerprint density at radius 3 is 2.31 bits per heavy atom. The van der Waals surface area contributed by atoms with E-state index in [2.05, 4.69) is 35.7 Å². The summed E-state index contributed by atoms with van der Waals surface area (Å²) in [5.74, 6) is 1.48. The lowest BCUT2D eigenvalue weighted by atomic mass is 9.88. The van der Waals surface area contributed by atoms with Gasteiger partial charge in [0.15, 0.2) is 5.82 Å². The summed E-state index contributed by atoms with van der Waals surface area (Å²) in [6, 6.07) is 0. The monoisotopic (exact) mass is 224 g/mol. The minimum Gasteiger partial charge on any atom is -0.370 e. The van der Waals surface area contributed by atoms with Crippen molar-refractivity contribution in [3.63, 3.8) is 0 Å². The molecule has 0 aliphatic heterocycles. The van der Waals surface area contributed by atoms with Crippen LogP contribution in [0.5, 0.6) is 0 Å². The molecule has 1 unspecified atom stereocenters. The number of aryl methyl sites for hydroxylation is 1. The third kappa shape index (κ3) is 3.13. The highest BCUT2D eigenvalue weighted by atomic mass is 16.5. The summed E-state index contributed by atoms with van der Waals surface area (Å²) in [5, 5.41) is 0. The molecule has 0 aromatic carbocycles. The Hall–Kier alpha value is -1.23. The molecule has 90 valence electrons. The number of hydrogen-bond acceptors (Lipinski definition) is 5. The van der Waals surface area contributed by atoms with Gasteiger partial charge in [0, 0.05) is 6.61 Å². The third-order valence-corrected chi connectivity index (χ3v) is 2.14. The van der Waals surface area contributed by atoms with E-state index >= 15 is 0 Å². The number of anilines is 1. The number of nitrogens with zero attached hydrogens (tertiary/aromatic N) is 3. The van der Waals surface area contributed by atoms with Gasteiger partial charge in [-0.1, -0.05) is 20.8 Å². The van der Waals surface area contributed by atoms with E-state index in [1.54, 1.807) is 6.92 Å². The van der Waals surface area contributed by atoms with Gasteiger partial charge in [-0.25, -0.2) is 4.98 Å². The predicted octanol–water partition coefficient (Wildman–Crippen LogP) is 1.89. The van der Waals surface area contributed by atoms with Crippen LogP contribution in [0, 0.1) is 12.3 Å². The zero-order valence-electron chi connectivity index (χ0n) is 10.6. The van der Waals surface area contributed by atoms with Gasteiger partial charge in [0.05, 0.1) is 0 Å². The normalized spacial score (nSPS) is 13.8. The number of ether oxygens (including phenoxy) is 1. The second-order valence-electron chi connectivity index (χ2n) is 4.80. The fraction of sp³-hybridized carbons (Fsp3) is 0.727. The zero-order chi connectivity index (χ0) is 12.3. The average molecular weight is 224 g/mol. The van der Waals surface area contributed by atoms with Crippen LogP contribution in [0.2, 0.25) is 0 Å². The van der Waals surface area contributed by atoms with E-state index in [0.717, 1.165) is 0 Å². The van der Waals surface area contributed by atoms with Gasteiger partial charge in [0.2, 0.25) is 5.95 Å². The minimum atomic E-state index is -0.165. The Bertz CT molecular complexity index is 339. The maximum absolute atomic E-state index is 5.69. The van der Waals surface area contributed by atoms with Crippen molar-refractivity contribution in [1.29, 1.82) is 0 Å². The molecule has 0 radical (unpaired) electrons. The van der Waals surface area contributed by atoms with E-state index in [1.807, 2.05) is 6.92 Å². The Morgan fingerprint density at radius 2 is 1.88 bits per heavy atom. The first kappa shape index (κ1) is 12.8. The molecule has 0 spiro atoms. The standard InChI is InChI=1S/C11H20N4O/c1-6-16-8(11(3,4)5)9-13-7(2)14-10(12)15-9/h8H,6H2,1-5H3,(H2,12,13,14,15). The van der Waals surface area contributed by atoms with Crippen molar-refractivity contribution in [2.24, 2.45) is 5.41 Å². The van der Waals surface area contributed by atoms with Crippen LogP contribution in [0.25, 0.3) is 0 Å². The van der Waals surface area contributed by atoms with Gasteiger partial charge in [-0.2, -0.15) is 9.97 Å². The molecule has 1 atom stereocenters. The Balaban J connectivity index is 3.10. The Morgan fingerprint density at radius 1 is 1.25 bits per heavy atom. The van der Waals surface area contributed by atoms with Crippen LogP contribution in [0.15, 0.2) is 0 Å². The molecule has 16 heavy (non-hydrogen) atoms. The number of rotatable bonds is 3. The molecule has 0 bridgehead atoms. The van der Waals surface area contributed by atoms with Crippen molar-refractivity contribution >= 4 is 5.95 Å². The summed E-state index contributed by atoms with van der Waals surface area (Å²) in [6.45, 7) is 10.6. The first-order valence-electron chi connectivity index (χ1n) is 5.44. The quantitative estimate of drug-likeness (QED) is 0.848. The van der Waals surface area contributed by atoms with E-state index in [9.17, 15) is 0 Å². The number of hydrogen-bond donors (Lipinski definition) is 1. The first-order chi connectivity index (χ1) is 7.34. The van der Waals surface area contributed by atoms with Crippen LogP contribution in [0.3, 0.4) is 0 Å². The number of nitrogens with two attached hydrogens (primary N) is 1. The largest absolute Gasteiger partial charge is 0.370 e. The average Bonchev–Trinajstić information content (AvgIpc) is 2.10. The Labute approximate surface area is 96.5 Å². The molecule has 5 heteroatoms. The van der Waals surface area contributed by atoms with Gasteiger partial charge < -0.3 is 10.5 Å². The molecule has 0 saturated heterocycles.